The van der Waals surface area contributed by atoms with Crippen LogP contribution in [0.5, 0.6) is 17.2 Å². The second kappa shape index (κ2) is 6.42. The van der Waals surface area contributed by atoms with E-state index in [2.05, 4.69) is 4.72 Å². The lowest BCUT2D eigenvalue weighted by atomic mass is 10.1. The molecule has 4 rings (SSSR count). The Balaban J connectivity index is 1.93. The van der Waals surface area contributed by atoms with Gasteiger partial charge in [0.05, 0.1) is 10.6 Å². The van der Waals surface area contributed by atoms with E-state index in [0.717, 1.165) is 11.6 Å². The molecule has 0 amide bonds. The number of hydrogen-bond acceptors (Lipinski definition) is 7. The number of nitrogens with one attached hydrogen (secondary N) is 1. The monoisotopic (exact) mass is 413 g/mol. The molecule has 0 bridgehead atoms. The molecule has 0 aliphatic heterocycles. The largest absolute Gasteiger partial charge is 0.507 e. The van der Waals surface area contributed by atoms with Gasteiger partial charge in [0.2, 0.25) is 5.43 Å². The number of fused-ring (bicyclic) bond motifs is 2. The van der Waals surface area contributed by atoms with Gasteiger partial charge in [-0.2, -0.15) is 0 Å². The predicted molar refractivity (Wildman–Crippen MR) is 107 cm³/mol. The number of phenolic OH excluding ortho intramolecular Hbond substituents is 3. The summed E-state index contributed by atoms with van der Waals surface area (Å²) in [7, 11) is -4.08. The number of benzene rings is 3. The van der Waals surface area contributed by atoms with E-state index >= 15 is 0 Å². The van der Waals surface area contributed by atoms with E-state index in [0.29, 0.717) is 0 Å². The average Bonchev–Trinajstić information content (AvgIpc) is 2.66. The van der Waals surface area contributed by atoms with E-state index < -0.39 is 27.0 Å². The van der Waals surface area contributed by atoms with Crippen LogP contribution in [0.25, 0.3) is 21.9 Å². The Hall–Kier alpha value is -3.72. The summed E-state index contributed by atoms with van der Waals surface area (Å²) < 4.78 is 33.0. The molecule has 4 N–H and O–H groups in total. The predicted octanol–water partition coefficient (Wildman–Crippen LogP) is 3.17. The highest BCUT2D eigenvalue weighted by atomic mass is 32.2. The average molecular weight is 413 g/mol. The first-order valence-corrected chi connectivity index (χ1v) is 9.90. The number of phenols is 3. The second-order valence-electron chi connectivity index (χ2n) is 6.49. The summed E-state index contributed by atoms with van der Waals surface area (Å²) in [5.74, 6) is -2.04. The lowest BCUT2D eigenvalue weighted by Crippen LogP contribution is -2.13. The molecule has 9 heteroatoms. The van der Waals surface area contributed by atoms with Crippen LogP contribution in [0.3, 0.4) is 0 Å². The Morgan fingerprint density at radius 1 is 0.897 bits per heavy atom. The van der Waals surface area contributed by atoms with Gasteiger partial charge in [0.15, 0.2) is 11.5 Å². The third-order valence-corrected chi connectivity index (χ3v) is 5.87. The Kier molecular flexibility index (Phi) is 4.12. The molecule has 0 saturated heterocycles. The number of sulfonamides is 1. The molecule has 0 spiro atoms. The van der Waals surface area contributed by atoms with Crippen molar-refractivity contribution in [3.8, 4) is 17.2 Å². The van der Waals surface area contributed by atoms with Crippen LogP contribution in [0.15, 0.2) is 62.6 Å². The molecule has 8 nitrogen and oxygen atoms in total. The van der Waals surface area contributed by atoms with E-state index in [-0.39, 0.29) is 38.3 Å². The highest BCUT2D eigenvalue weighted by molar-refractivity contribution is 7.92. The van der Waals surface area contributed by atoms with Crippen LogP contribution in [0.2, 0.25) is 0 Å². The smallest absolute Gasteiger partial charge is 0.262 e. The fourth-order valence-corrected chi connectivity index (χ4v) is 4.07. The topological polar surface area (TPSA) is 137 Å². The van der Waals surface area contributed by atoms with Crippen molar-refractivity contribution in [2.24, 2.45) is 0 Å². The molecule has 0 radical (unpaired) electrons. The maximum absolute atomic E-state index is 12.7. The minimum atomic E-state index is -4.08. The van der Waals surface area contributed by atoms with Gasteiger partial charge >= 0.3 is 0 Å². The van der Waals surface area contributed by atoms with Crippen molar-refractivity contribution in [1.82, 2.24) is 0 Å². The molecule has 0 saturated carbocycles. The van der Waals surface area contributed by atoms with Gasteiger partial charge in [-0.3, -0.25) is 9.52 Å². The Morgan fingerprint density at radius 3 is 2.28 bits per heavy atom. The van der Waals surface area contributed by atoms with Gasteiger partial charge in [-0.15, -0.1) is 0 Å². The molecule has 0 atom stereocenters. The fraction of sp³-hybridized carbons (Fsp3) is 0.0500. The summed E-state index contributed by atoms with van der Waals surface area (Å²) >= 11 is 0. The van der Waals surface area contributed by atoms with Gasteiger partial charge in [-0.1, -0.05) is 23.8 Å². The standard InChI is InChI=1S/C20H15NO7S/c1-10-5-7-11(8-6-10)29(26,27)21-12-9-15-17(20(25)18(12)23)19(24)16-13(22)3-2-4-14(16)28-15/h2-9,21-23,25H,1H3. The summed E-state index contributed by atoms with van der Waals surface area (Å²) in [6.45, 7) is 1.81. The summed E-state index contributed by atoms with van der Waals surface area (Å²) in [5, 5.41) is 30.0. The SMILES string of the molecule is Cc1ccc(S(=O)(=O)Nc2cc3oc4cccc(O)c4c(=O)c3c(O)c2O)cc1. The fourth-order valence-electron chi connectivity index (χ4n) is 3.01. The zero-order valence-electron chi connectivity index (χ0n) is 15.0. The summed E-state index contributed by atoms with van der Waals surface area (Å²) in [4.78, 5) is 12.7. The number of rotatable bonds is 3. The van der Waals surface area contributed by atoms with Crippen LogP contribution >= 0.6 is 0 Å². The minimum absolute atomic E-state index is 0.0416. The van der Waals surface area contributed by atoms with E-state index in [1.165, 1.54) is 30.3 Å². The highest BCUT2D eigenvalue weighted by Crippen LogP contribution is 2.41. The lowest BCUT2D eigenvalue weighted by Gasteiger charge is -2.13. The molecule has 0 aliphatic carbocycles. The molecule has 1 heterocycles. The van der Waals surface area contributed by atoms with E-state index in [1.807, 2.05) is 0 Å². The molecule has 3 aromatic carbocycles. The number of hydrogen-bond donors (Lipinski definition) is 4. The van der Waals surface area contributed by atoms with Crippen molar-refractivity contribution in [2.45, 2.75) is 11.8 Å². The summed E-state index contributed by atoms with van der Waals surface area (Å²) in [6.07, 6.45) is 0. The van der Waals surface area contributed by atoms with E-state index in [4.69, 9.17) is 4.42 Å². The minimum Gasteiger partial charge on any atom is -0.507 e. The number of aromatic hydroxyl groups is 3. The maximum Gasteiger partial charge on any atom is 0.262 e. The van der Waals surface area contributed by atoms with Crippen molar-refractivity contribution < 1.29 is 28.2 Å². The first kappa shape index (κ1) is 18.6. The lowest BCUT2D eigenvalue weighted by molar-refractivity contribution is 0.409. The Labute approximate surface area is 164 Å². The van der Waals surface area contributed by atoms with E-state index in [9.17, 15) is 28.5 Å². The molecule has 1 aromatic heterocycles. The first-order valence-electron chi connectivity index (χ1n) is 8.42. The van der Waals surface area contributed by atoms with Gasteiger partial charge in [-0.05, 0) is 31.2 Å². The third-order valence-electron chi connectivity index (χ3n) is 4.49. The van der Waals surface area contributed by atoms with Gasteiger partial charge in [0, 0.05) is 6.07 Å². The van der Waals surface area contributed by atoms with Crippen LogP contribution in [0.4, 0.5) is 5.69 Å². The molecule has 148 valence electrons. The van der Waals surface area contributed by atoms with Crippen LogP contribution in [-0.2, 0) is 10.0 Å². The Morgan fingerprint density at radius 2 is 1.59 bits per heavy atom. The van der Waals surface area contributed by atoms with Crippen molar-refractivity contribution in [3.05, 3.63) is 64.3 Å². The molecule has 0 fully saturated rings. The molecule has 0 unspecified atom stereocenters. The van der Waals surface area contributed by atoms with Crippen molar-refractivity contribution in [3.63, 3.8) is 0 Å². The van der Waals surface area contributed by atoms with Crippen molar-refractivity contribution in [1.29, 1.82) is 0 Å². The van der Waals surface area contributed by atoms with Crippen molar-refractivity contribution >= 4 is 37.6 Å². The second-order valence-corrected chi connectivity index (χ2v) is 8.18. The molecular weight excluding hydrogens is 398 g/mol. The van der Waals surface area contributed by atoms with Crippen LogP contribution in [0.1, 0.15) is 5.56 Å². The molecular formula is C20H15NO7S. The quantitative estimate of drug-likeness (QED) is 0.299. The van der Waals surface area contributed by atoms with Crippen LogP contribution < -0.4 is 10.2 Å². The Bertz CT molecular complexity index is 1440. The van der Waals surface area contributed by atoms with Crippen molar-refractivity contribution in [2.75, 3.05) is 4.72 Å². The van der Waals surface area contributed by atoms with Crippen LogP contribution in [0, 0.1) is 6.92 Å². The molecule has 0 aliphatic rings. The van der Waals surface area contributed by atoms with Gasteiger partial charge in [0.1, 0.15) is 27.7 Å². The number of anilines is 1. The van der Waals surface area contributed by atoms with Gasteiger partial charge in [0.25, 0.3) is 10.0 Å². The highest BCUT2D eigenvalue weighted by Gasteiger charge is 2.23. The van der Waals surface area contributed by atoms with E-state index in [1.54, 1.807) is 19.1 Å². The van der Waals surface area contributed by atoms with Crippen LogP contribution in [-0.4, -0.2) is 23.7 Å². The first-order chi connectivity index (χ1) is 13.7. The number of aryl methyl sites for hydroxylation is 1. The summed E-state index contributed by atoms with van der Waals surface area (Å²) in [5.41, 5.74) is -0.379. The zero-order valence-corrected chi connectivity index (χ0v) is 15.8. The normalized spacial score (nSPS) is 11.8. The van der Waals surface area contributed by atoms with Gasteiger partial charge < -0.3 is 19.7 Å². The van der Waals surface area contributed by atoms with Gasteiger partial charge in [-0.25, -0.2) is 8.42 Å². The molecule has 29 heavy (non-hydrogen) atoms. The molecule has 4 aromatic rings. The third kappa shape index (κ3) is 3.01. The maximum atomic E-state index is 12.7. The zero-order chi connectivity index (χ0) is 20.9. The summed E-state index contributed by atoms with van der Waals surface area (Å²) in [6, 6.07) is 11.3.